The van der Waals surface area contributed by atoms with Gasteiger partial charge in [-0.25, -0.2) is 9.59 Å². The molecule has 2 rings (SSSR count). The molecule has 24 heavy (non-hydrogen) atoms. The third kappa shape index (κ3) is 5.05. The minimum Gasteiger partial charge on any atom is -0.477 e. The minimum atomic E-state index is -1.29. The average Bonchev–Trinajstić information content (AvgIpc) is 3.08. The van der Waals surface area contributed by atoms with Crippen LogP contribution in [0.25, 0.3) is 0 Å². The molecule has 0 radical (unpaired) electrons. The maximum Gasteiger partial charge on any atom is 0.407 e. The molecule has 1 amide bonds. The number of carboxylic acid groups (broad SMARTS) is 1. The smallest absolute Gasteiger partial charge is 0.407 e. The summed E-state index contributed by atoms with van der Waals surface area (Å²) in [6.07, 6.45) is -3.30. The van der Waals surface area contributed by atoms with Gasteiger partial charge in [0, 0.05) is 11.4 Å². The van der Waals surface area contributed by atoms with Crippen molar-refractivity contribution < 1.29 is 29.6 Å². The molecule has 2 aromatic rings. The Bertz CT molecular complexity index is 687. The molecular formula is C16H17NO6S. The molecule has 0 aliphatic carbocycles. The third-order valence-electron chi connectivity index (χ3n) is 3.16. The molecule has 4 N–H and O–H groups in total. The summed E-state index contributed by atoms with van der Waals surface area (Å²) in [4.78, 5) is 22.7. The summed E-state index contributed by atoms with van der Waals surface area (Å²) >= 11 is 0.866. The van der Waals surface area contributed by atoms with Crippen LogP contribution in [-0.2, 0) is 11.3 Å². The van der Waals surface area contributed by atoms with E-state index in [-0.39, 0.29) is 18.0 Å². The Balaban J connectivity index is 1.77. The molecule has 8 heteroatoms. The number of hydrogen-bond acceptors (Lipinski definition) is 6. The monoisotopic (exact) mass is 351 g/mol. The highest BCUT2D eigenvalue weighted by atomic mass is 32.1. The Morgan fingerprint density at radius 3 is 2.46 bits per heavy atom. The molecule has 0 bridgehead atoms. The van der Waals surface area contributed by atoms with Gasteiger partial charge in [-0.15, -0.1) is 11.3 Å². The van der Waals surface area contributed by atoms with Gasteiger partial charge in [0.2, 0.25) is 0 Å². The quantitative estimate of drug-likeness (QED) is 0.604. The minimum absolute atomic E-state index is 0.0616. The van der Waals surface area contributed by atoms with Crippen LogP contribution in [0.3, 0.4) is 0 Å². The largest absolute Gasteiger partial charge is 0.477 e. The van der Waals surface area contributed by atoms with Crippen molar-refractivity contribution >= 4 is 23.4 Å². The van der Waals surface area contributed by atoms with Gasteiger partial charge in [-0.3, -0.25) is 0 Å². The number of thiophene rings is 1. The first-order chi connectivity index (χ1) is 11.5. The molecule has 0 spiro atoms. The molecule has 1 heterocycles. The van der Waals surface area contributed by atoms with Crippen LogP contribution in [0.15, 0.2) is 42.5 Å². The first-order valence-corrected chi connectivity index (χ1v) is 7.92. The molecular weight excluding hydrogens is 334 g/mol. The van der Waals surface area contributed by atoms with Crippen LogP contribution in [0, 0.1) is 0 Å². The first-order valence-electron chi connectivity index (χ1n) is 7.11. The Kier molecular flexibility index (Phi) is 6.30. The highest BCUT2D eigenvalue weighted by molar-refractivity contribution is 7.14. The van der Waals surface area contributed by atoms with E-state index in [9.17, 15) is 19.8 Å². The van der Waals surface area contributed by atoms with Crippen LogP contribution in [-0.4, -0.2) is 40.0 Å². The molecule has 7 nitrogen and oxygen atoms in total. The molecule has 2 unspecified atom stereocenters. The number of aromatic carboxylic acids is 1. The lowest BCUT2D eigenvalue weighted by atomic mass is 10.1. The average molecular weight is 351 g/mol. The van der Waals surface area contributed by atoms with Crippen LogP contribution in [0.2, 0.25) is 0 Å². The molecule has 128 valence electrons. The molecule has 0 saturated carbocycles. The number of rotatable bonds is 7. The fourth-order valence-corrected chi connectivity index (χ4v) is 2.78. The zero-order valence-electron chi connectivity index (χ0n) is 12.6. The summed E-state index contributed by atoms with van der Waals surface area (Å²) in [6, 6.07) is 11.9. The van der Waals surface area contributed by atoms with Gasteiger partial charge in [0.15, 0.2) is 0 Å². The number of alkyl carbamates (subject to hydrolysis) is 1. The first kappa shape index (κ1) is 17.9. The number of carbonyl (C=O) groups is 2. The van der Waals surface area contributed by atoms with Gasteiger partial charge in [0.05, 0.1) is 0 Å². The lowest BCUT2D eigenvalue weighted by Gasteiger charge is -2.17. The van der Waals surface area contributed by atoms with Crippen molar-refractivity contribution in [2.24, 2.45) is 0 Å². The maximum absolute atomic E-state index is 11.6. The number of carboxylic acids is 1. The lowest BCUT2D eigenvalue weighted by Crippen LogP contribution is -2.35. The Morgan fingerprint density at radius 1 is 1.12 bits per heavy atom. The Labute approximate surface area is 142 Å². The summed E-state index contributed by atoms with van der Waals surface area (Å²) in [6.45, 7) is -0.132. The zero-order chi connectivity index (χ0) is 17.5. The van der Waals surface area contributed by atoms with Crippen molar-refractivity contribution in [2.45, 2.75) is 18.8 Å². The van der Waals surface area contributed by atoms with E-state index in [1.54, 1.807) is 0 Å². The summed E-state index contributed by atoms with van der Waals surface area (Å²) in [5, 5.41) is 31.1. The molecule has 2 atom stereocenters. The summed E-state index contributed by atoms with van der Waals surface area (Å²) in [7, 11) is 0. The molecule has 0 aliphatic heterocycles. The van der Waals surface area contributed by atoms with Gasteiger partial charge in [0.25, 0.3) is 0 Å². The van der Waals surface area contributed by atoms with Gasteiger partial charge in [-0.2, -0.15) is 0 Å². The van der Waals surface area contributed by atoms with E-state index in [4.69, 9.17) is 9.84 Å². The fourth-order valence-electron chi connectivity index (χ4n) is 1.89. The Hall–Kier alpha value is -2.42. The number of carbonyl (C=O) groups excluding carboxylic acids is 1. The van der Waals surface area contributed by atoms with Crippen molar-refractivity contribution in [3.05, 3.63) is 57.8 Å². The van der Waals surface area contributed by atoms with Gasteiger partial charge in [0.1, 0.15) is 23.7 Å². The summed E-state index contributed by atoms with van der Waals surface area (Å²) < 4.78 is 4.98. The number of aliphatic hydroxyl groups is 2. The SMILES string of the molecule is O=C(NCC(O)C(O)c1ccc(C(=O)O)s1)OCc1ccccc1. The number of ether oxygens (including phenoxy) is 1. The van der Waals surface area contributed by atoms with E-state index in [0.29, 0.717) is 4.88 Å². The molecule has 0 aliphatic rings. The topological polar surface area (TPSA) is 116 Å². The molecule has 0 saturated heterocycles. The predicted molar refractivity (Wildman–Crippen MR) is 86.9 cm³/mol. The third-order valence-corrected chi connectivity index (χ3v) is 4.31. The van der Waals surface area contributed by atoms with Crippen molar-refractivity contribution in [2.75, 3.05) is 6.54 Å². The van der Waals surface area contributed by atoms with Crippen molar-refractivity contribution in [3.63, 3.8) is 0 Å². The summed E-state index contributed by atoms with van der Waals surface area (Å²) in [5.74, 6) is -1.10. The van der Waals surface area contributed by atoms with E-state index in [2.05, 4.69) is 5.32 Å². The van der Waals surface area contributed by atoms with E-state index in [1.807, 2.05) is 30.3 Å². The van der Waals surface area contributed by atoms with Gasteiger partial charge >= 0.3 is 12.1 Å². The molecule has 0 fully saturated rings. The number of nitrogens with one attached hydrogen (secondary N) is 1. The molecule has 1 aromatic heterocycles. The fraction of sp³-hybridized carbons (Fsp3) is 0.250. The molecule has 1 aromatic carbocycles. The lowest BCUT2D eigenvalue weighted by molar-refractivity contribution is 0.0205. The van der Waals surface area contributed by atoms with Crippen molar-refractivity contribution in [1.29, 1.82) is 0 Å². The second-order valence-electron chi connectivity index (χ2n) is 4.96. The van der Waals surface area contributed by atoms with E-state index in [1.165, 1.54) is 12.1 Å². The number of hydrogen-bond donors (Lipinski definition) is 4. The van der Waals surface area contributed by atoms with Crippen molar-refractivity contribution in [1.82, 2.24) is 5.32 Å². The number of amides is 1. The van der Waals surface area contributed by atoms with E-state index < -0.39 is 24.3 Å². The number of aliphatic hydroxyl groups excluding tert-OH is 2. The highest BCUT2D eigenvalue weighted by Gasteiger charge is 2.22. The predicted octanol–water partition coefficient (Wildman–Crippen LogP) is 1.77. The second-order valence-corrected chi connectivity index (χ2v) is 6.08. The van der Waals surface area contributed by atoms with Crippen LogP contribution >= 0.6 is 11.3 Å². The van der Waals surface area contributed by atoms with Gasteiger partial charge in [-0.1, -0.05) is 30.3 Å². The summed E-state index contributed by atoms with van der Waals surface area (Å²) in [5.41, 5.74) is 0.827. The van der Waals surface area contributed by atoms with Crippen molar-refractivity contribution in [3.8, 4) is 0 Å². The van der Waals surface area contributed by atoms with Crippen LogP contribution in [0.1, 0.15) is 26.2 Å². The van der Waals surface area contributed by atoms with Gasteiger partial charge in [-0.05, 0) is 17.7 Å². The van der Waals surface area contributed by atoms with E-state index >= 15 is 0 Å². The van der Waals surface area contributed by atoms with Crippen LogP contribution in [0.4, 0.5) is 4.79 Å². The van der Waals surface area contributed by atoms with Gasteiger partial charge < -0.3 is 25.4 Å². The number of benzene rings is 1. The van der Waals surface area contributed by atoms with E-state index in [0.717, 1.165) is 16.9 Å². The van der Waals surface area contributed by atoms with Crippen LogP contribution in [0.5, 0.6) is 0 Å². The Morgan fingerprint density at radius 2 is 1.83 bits per heavy atom. The second kappa shape index (κ2) is 8.44. The maximum atomic E-state index is 11.6. The highest BCUT2D eigenvalue weighted by Crippen LogP contribution is 2.25. The van der Waals surface area contributed by atoms with Crippen LogP contribution < -0.4 is 5.32 Å². The standard InChI is InChI=1S/C16H17NO6S/c18-11(14(19)12-6-7-13(24-12)15(20)21)8-17-16(22)23-9-10-4-2-1-3-5-10/h1-7,11,14,18-19H,8-9H2,(H,17,22)(H,20,21). The normalized spacial score (nSPS) is 13.1. The zero-order valence-corrected chi connectivity index (χ0v) is 13.4.